The molecule has 1 N–H and O–H groups in total. The molecule has 0 spiro atoms. The van der Waals surface area contributed by atoms with Gasteiger partial charge in [0.1, 0.15) is 5.69 Å². The Hall–Kier alpha value is -1.92. The van der Waals surface area contributed by atoms with Gasteiger partial charge >= 0.3 is 5.69 Å². The van der Waals surface area contributed by atoms with Gasteiger partial charge in [-0.2, -0.15) is 4.98 Å². The first kappa shape index (κ1) is 17.1. The van der Waals surface area contributed by atoms with Crippen LogP contribution in [0, 0.1) is 23.0 Å². The van der Waals surface area contributed by atoms with Crippen LogP contribution >= 0.6 is 0 Å². The minimum atomic E-state index is -0.490. The minimum absolute atomic E-state index is 0.0410. The number of aryl methyl sites for hydroxylation is 1. The van der Waals surface area contributed by atoms with Gasteiger partial charge in [0.25, 0.3) is 5.88 Å². The summed E-state index contributed by atoms with van der Waals surface area (Å²) in [5.41, 5.74) is 0.146. The maximum Gasteiger partial charge on any atom is 0.352 e. The molecule has 0 saturated carbocycles. The lowest BCUT2D eigenvalue weighted by atomic mass is 10.1. The van der Waals surface area contributed by atoms with E-state index in [4.69, 9.17) is 4.74 Å². The van der Waals surface area contributed by atoms with E-state index in [-0.39, 0.29) is 17.7 Å². The zero-order valence-electron chi connectivity index (χ0n) is 13.3. The highest BCUT2D eigenvalue weighted by Gasteiger charge is 2.25. The number of nitrogens with zero attached hydrogens (tertiary/aromatic N) is 3. The molecule has 1 aromatic heterocycles. The predicted molar refractivity (Wildman–Crippen MR) is 81.7 cm³/mol. The zero-order chi connectivity index (χ0) is 16.0. The smallest absolute Gasteiger partial charge is 0.352 e. The van der Waals surface area contributed by atoms with Crippen molar-refractivity contribution in [2.75, 3.05) is 11.9 Å². The molecule has 0 aromatic carbocycles. The lowest BCUT2D eigenvalue weighted by molar-refractivity contribution is -0.387. The Labute approximate surface area is 125 Å². The minimum Gasteiger partial charge on any atom is -0.470 e. The van der Waals surface area contributed by atoms with Gasteiger partial charge in [-0.25, -0.2) is 4.98 Å². The van der Waals surface area contributed by atoms with Crippen LogP contribution in [0.4, 0.5) is 11.6 Å². The van der Waals surface area contributed by atoms with E-state index < -0.39 is 4.92 Å². The van der Waals surface area contributed by atoms with Crippen molar-refractivity contribution < 1.29 is 9.66 Å². The SMILES string of the molecule is CCCNc1nc(C)c([N+](=O)[O-])c(OC(C)CC(C)C)n1. The number of anilines is 1. The third-order valence-electron chi connectivity index (χ3n) is 2.86. The van der Waals surface area contributed by atoms with E-state index in [0.29, 0.717) is 24.1 Å². The molecule has 1 atom stereocenters. The van der Waals surface area contributed by atoms with Crippen LogP contribution in [-0.4, -0.2) is 27.5 Å². The number of hydrogen-bond donors (Lipinski definition) is 1. The van der Waals surface area contributed by atoms with Gasteiger partial charge in [-0.05, 0) is 32.6 Å². The van der Waals surface area contributed by atoms with Gasteiger partial charge in [-0.1, -0.05) is 20.8 Å². The fourth-order valence-corrected chi connectivity index (χ4v) is 2.05. The van der Waals surface area contributed by atoms with Crippen molar-refractivity contribution in [3.8, 4) is 5.88 Å². The van der Waals surface area contributed by atoms with E-state index in [0.717, 1.165) is 12.8 Å². The van der Waals surface area contributed by atoms with Crippen LogP contribution in [0.2, 0.25) is 0 Å². The highest BCUT2D eigenvalue weighted by atomic mass is 16.6. The van der Waals surface area contributed by atoms with Crippen molar-refractivity contribution >= 4 is 11.6 Å². The summed E-state index contributed by atoms with van der Waals surface area (Å²) in [6, 6.07) is 0. The van der Waals surface area contributed by atoms with Crippen LogP contribution in [0.15, 0.2) is 0 Å². The van der Waals surface area contributed by atoms with Crippen LogP contribution in [0.1, 0.15) is 46.2 Å². The molecule has 1 heterocycles. The van der Waals surface area contributed by atoms with Gasteiger partial charge in [-0.3, -0.25) is 10.1 Å². The third-order valence-corrected chi connectivity index (χ3v) is 2.86. The van der Waals surface area contributed by atoms with Gasteiger partial charge in [0.15, 0.2) is 0 Å². The number of hydrogen-bond acceptors (Lipinski definition) is 6. The first-order valence-electron chi connectivity index (χ1n) is 7.28. The molecule has 0 aliphatic rings. The molecule has 7 nitrogen and oxygen atoms in total. The van der Waals surface area contributed by atoms with Crippen molar-refractivity contribution in [3.05, 3.63) is 15.8 Å². The highest BCUT2D eigenvalue weighted by molar-refractivity contribution is 5.48. The average Bonchev–Trinajstić information content (AvgIpc) is 2.34. The Balaban J connectivity index is 3.06. The summed E-state index contributed by atoms with van der Waals surface area (Å²) < 4.78 is 5.69. The maximum absolute atomic E-state index is 11.2. The van der Waals surface area contributed by atoms with Gasteiger partial charge in [0.2, 0.25) is 5.95 Å². The van der Waals surface area contributed by atoms with Gasteiger partial charge < -0.3 is 10.1 Å². The molecule has 0 fully saturated rings. The van der Waals surface area contributed by atoms with Crippen LogP contribution < -0.4 is 10.1 Å². The van der Waals surface area contributed by atoms with E-state index in [1.54, 1.807) is 6.92 Å². The van der Waals surface area contributed by atoms with E-state index >= 15 is 0 Å². The molecular weight excluding hydrogens is 272 g/mol. The molecule has 21 heavy (non-hydrogen) atoms. The second kappa shape index (κ2) is 7.75. The molecule has 0 radical (unpaired) electrons. The second-order valence-electron chi connectivity index (χ2n) is 5.53. The first-order chi connectivity index (χ1) is 9.85. The van der Waals surface area contributed by atoms with Gasteiger partial charge in [0, 0.05) is 6.54 Å². The molecular formula is C14H24N4O3. The van der Waals surface area contributed by atoms with Crippen molar-refractivity contribution in [2.45, 2.75) is 53.6 Å². The normalized spacial score (nSPS) is 12.3. The highest BCUT2D eigenvalue weighted by Crippen LogP contribution is 2.30. The third kappa shape index (κ3) is 5.17. The van der Waals surface area contributed by atoms with E-state index in [2.05, 4.69) is 29.1 Å². The zero-order valence-corrected chi connectivity index (χ0v) is 13.3. The number of aromatic nitrogens is 2. The molecule has 1 unspecified atom stereocenters. The van der Waals surface area contributed by atoms with Crippen molar-refractivity contribution in [3.63, 3.8) is 0 Å². The quantitative estimate of drug-likeness (QED) is 0.584. The first-order valence-corrected chi connectivity index (χ1v) is 7.28. The lowest BCUT2D eigenvalue weighted by Gasteiger charge is -2.16. The molecule has 0 saturated heterocycles. The summed E-state index contributed by atoms with van der Waals surface area (Å²) in [5, 5.41) is 14.2. The van der Waals surface area contributed by atoms with Crippen molar-refractivity contribution in [2.24, 2.45) is 5.92 Å². The molecule has 1 rings (SSSR count). The van der Waals surface area contributed by atoms with E-state index in [1.807, 2.05) is 13.8 Å². The largest absolute Gasteiger partial charge is 0.470 e. The summed E-state index contributed by atoms with van der Waals surface area (Å²) in [5.74, 6) is 0.852. The Morgan fingerprint density at radius 3 is 2.52 bits per heavy atom. The molecule has 0 bridgehead atoms. The summed E-state index contributed by atoms with van der Waals surface area (Å²) >= 11 is 0. The number of ether oxygens (including phenoxy) is 1. The molecule has 118 valence electrons. The monoisotopic (exact) mass is 296 g/mol. The Bertz CT molecular complexity index is 491. The molecule has 0 aliphatic heterocycles. The Morgan fingerprint density at radius 1 is 1.33 bits per heavy atom. The van der Waals surface area contributed by atoms with Crippen LogP contribution in [0.25, 0.3) is 0 Å². The second-order valence-corrected chi connectivity index (χ2v) is 5.53. The van der Waals surface area contributed by atoms with Crippen LogP contribution in [0.5, 0.6) is 5.88 Å². The van der Waals surface area contributed by atoms with Crippen LogP contribution in [-0.2, 0) is 0 Å². The summed E-state index contributed by atoms with van der Waals surface area (Å²) in [7, 11) is 0. The summed E-state index contributed by atoms with van der Waals surface area (Å²) in [6.45, 7) is 10.4. The Kier molecular flexibility index (Phi) is 6.33. The molecule has 7 heteroatoms. The Morgan fingerprint density at radius 2 is 2.00 bits per heavy atom. The lowest BCUT2D eigenvalue weighted by Crippen LogP contribution is -2.17. The van der Waals surface area contributed by atoms with Crippen LogP contribution in [0.3, 0.4) is 0 Å². The molecule has 0 aliphatic carbocycles. The summed E-state index contributed by atoms with van der Waals surface area (Å²) in [4.78, 5) is 19.0. The van der Waals surface area contributed by atoms with Gasteiger partial charge in [0.05, 0.1) is 11.0 Å². The molecule has 0 amide bonds. The average molecular weight is 296 g/mol. The molecule has 1 aromatic rings. The van der Waals surface area contributed by atoms with Gasteiger partial charge in [-0.15, -0.1) is 0 Å². The number of nitro groups is 1. The van der Waals surface area contributed by atoms with E-state index in [9.17, 15) is 10.1 Å². The maximum atomic E-state index is 11.2. The predicted octanol–water partition coefficient (Wildman–Crippen LogP) is 3.33. The standard InChI is InChI=1S/C14H24N4O3/c1-6-7-15-14-16-11(5)12(18(19)20)13(17-14)21-10(4)8-9(2)3/h9-10H,6-8H2,1-5H3,(H,15,16,17). The topological polar surface area (TPSA) is 90.2 Å². The summed E-state index contributed by atoms with van der Waals surface area (Å²) in [6.07, 6.45) is 1.58. The fraction of sp³-hybridized carbons (Fsp3) is 0.714. The number of nitrogens with one attached hydrogen (secondary N) is 1. The fourth-order valence-electron chi connectivity index (χ4n) is 2.05. The number of rotatable bonds is 8. The van der Waals surface area contributed by atoms with Crippen molar-refractivity contribution in [1.29, 1.82) is 0 Å². The van der Waals surface area contributed by atoms with Crippen molar-refractivity contribution in [1.82, 2.24) is 9.97 Å². The van der Waals surface area contributed by atoms with E-state index in [1.165, 1.54) is 0 Å².